The number of hydrogen-bond acceptors (Lipinski definition) is 1. The highest BCUT2D eigenvalue weighted by Crippen LogP contribution is 2.61. The van der Waals surface area contributed by atoms with Crippen LogP contribution in [0.15, 0.2) is 18.2 Å². The van der Waals surface area contributed by atoms with Gasteiger partial charge in [-0.15, -0.1) is 0 Å². The van der Waals surface area contributed by atoms with E-state index in [2.05, 4.69) is 18.3 Å². The van der Waals surface area contributed by atoms with Crippen molar-refractivity contribution in [3.8, 4) is 0 Å². The van der Waals surface area contributed by atoms with Gasteiger partial charge in [0.05, 0.1) is 10.0 Å². The van der Waals surface area contributed by atoms with E-state index in [0.29, 0.717) is 21.5 Å². The summed E-state index contributed by atoms with van der Waals surface area (Å²) < 4.78 is 0. The average molecular weight is 338 g/mol. The fourth-order valence-corrected chi connectivity index (χ4v) is 6.26. The first kappa shape index (κ1) is 15.3. The Hall–Kier alpha value is -0.240. The zero-order valence-corrected chi connectivity index (χ0v) is 14.8. The van der Waals surface area contributed by atoms with E-state index in [1.54, 1.807) is 0 Å². The lowest BCUT2D eigenvalue weighted by Crippen LogP contribution is -2.54. The molecule has 0 heterocycles. The van der Waals surface area contributed by atoms with Crippen LogP contribution in [0.1, 0.15) is 51.0 Å². The highest BCUT2D eigenvalue weighted by molar-refractivity contribution is 6.42. The van der Waals surface area contributed by atoms with Crippen molar-refractivity contribution >= 4 is 23.2 Å². The molecule has 0 spiro atoms. The first-order valence-corrected chi connectivity index (χ1v) is 9.47. The zero-order valence-electron chi connectivity index (χ0n) is 13.2. The Morgan fingerprint density at radius 1 is 1.09 bits per heavy atom. The Morgan fingerprint density at radius 3 is 2.27 bits per heavy atom. The van der Waals surface area contributed by atoms with E-state index in [4.69, 9.17) is 23.2 Å². The molecule has 22 heavy (non-hydrogen) atoms. The average Bonchev–Trinajstić information content (AvgIpc) is 2.47. The molecule has 4 aliphatic rings. The molecule has 5 rings (SSSR count). The minimum Gasteiger partial charge on any atom is -0.310 e. The number of benzene rings is 1. The molecule has 3 heteroatoms. The molecule has 1 N–H and O–H groups in total. The predicted octanol–water partition coefficient (Wildman–Crippen LogP) is 5.69. The molecule has 0 aromatic heterocycles. The van der Waals surface area contributed by atoms with Crippen LogP contribution in [0.3, 0.4) is 0 Å². The maximum atomic E-state index is 6.32. The molecular formula is C19H25Cl2N. The summed E-state index contributed by atoms with van der Waals surface area (Å²) in [7, 11) is 0. The first-order chi connectivity index (χ1) is 10.6. The Labute approximate surface area is 143 Å². The Balaban J connectivity index is 1.46. The maximum Gasteiger partial charge on any atom is 0.0637 e. The van der Waals surface area contributed by atoms with Crippen molar-refractivity contribution in [3.05, 3.63) is 33.8 Å². The molecule has 0 amide bonds. The van der Waals surface area contributed by atoms with Gasteiger partial charge in [0.2, 0.25) is 0 Å². The normalized spacial score (nSPS) is 37.5. The van der Waals surface area contributed by atoms with Crippen molar-refractivity contribution < 1.29 is 0 Å². The fourth-order valence-electron chi connectivity index (χ4n) is 5.87. The van der Waals surface area contributed by atoms with Crippen LogP contribution in [-0.4, -0.2) is 6.04 Å². The molecule has 4 fully saturated rings. The summed E-state index contributed by atoms with van der Waals surface area (Å²) >= 11 is 12.4. The van der Waals surface area contributed by atoms with Crippen LogP contribution in [0.4, 0.5) is 0 Å². The molecule has 0 saturated heterocycles. The lowest BCUT2D eigenvalue weighted by atomic mass is 9.48. The topological polar surface area (TPSA) is 12.0 Å². The van der Waals surface area contributed by atoms with Gasteiger partial charge < -0.3 is 5.32 Å². The van der Waals surface area contributed by atoms with Gasteiger partial charge in [-0.25, -0.2) is 0 Å². The molecule has 1 aromatic carbocycles. The Morgan fingerprint density at radius 2 is 1.68 bits per heavy atom. The number of nitrogens with one attached hydrogen (secondary N) is 1. The molecule has 4 aliphatic carbocycles. The third-order valence-electron chi connectivity index (χ3n) is 6.63. The third kappa shape index (κ3) is 2.60. The molecule has 120 valence electrons. The maximum absolute atomic E-state index is 6.32. The molecular weight excluding hydrogens is 313 g/mol. The van der Waals surface area contributed by atoms with Crippen LogP contribution < -0.4 is 5.32 Å². The molecule has 1 atom stereocenters. The SMILES string of the molecule is C[C@@H](NCc1cccc(Cl)c1Cl)C12CC3CC(CC(C3)C1)C2. The second-order valence-electron chi connectivity index (χ2n) is 8.10. The van der Waals surface area contributed by atoms with Crippen LogP contribution in [0, 0.1) is 23.2 Å². The lowest BCUT2D eigenvalue weighted by molar-refractivity contribution is -0.0706. The first-order valence-electron chi connectivity index (χ1n) is 8.72. The summed E-state index contributed by atoms with van der Waals surface area (Å²) in [5.41, 5.74) is 1.66. The molecule has 0 unspecified atom stereocenters. The van der Waals surface area contributed by atoms with Crippen LogP contribution in [0.25, 0.3) is 0 Å². The molecule has 4 saturated carbocycles. The fraction of sp³-hybridized carbons (Fsp3) is 0.684. The van der Waals surface area contributed by atoms with Crippen molar-refractivity contribution in [3.63, 3.8) is 0 Å². The highest BCUT2D eigenvalue weighted by atomic mass is 35.5. The van der Waals surface area contributed by atoms with Gasteiger partial charge in [0, 0.05) is 12.6 Å². The number of halogens is 2. The standard InChI is InChI=1S/C19H25Cl2N/c1-12(22-11-16-3-2-4-17(20)18(16)21)19-8-13-5-14(9-19)7-15(6-13)10-19/h2-4,12-15,22H,5-11H2,1H3/t12-,13?,14?,15?,19?/m1/s1. The van der Waals surface area contributed by atoms with E-state index in [1.165, 1.54) is 38.5 Å². The van der Waals surface area contributed by atoms with Crippen molar-refractivity contribution in [1.82, 2.24) is 5.32 Å². The zero-order chi connectivity index (χ0) is 15.3. The highest BCUT2D eigenvalue weighted by Gasteiger charge is 2.52. The summed E-state index contributed by atoms with van der Waals surface area (Å²) in [6, 6.07) is 6.49. The molecule has 0 aliphatic heterocycles. The number of hydrogen-bond donors (Lipinski definition) is 1. The quantitative estimate of drug-likeness (QED) is 0.744. The van der Waals surface area contributed by atoms with Gasteiger partial charge in [0.1, 0.15) is 0 Å². The minimum absolute atomic E-state index is 0.541. The van der Waals surface area contributed by atoms with Gasteiger partial charge in [-0.2, -0.15) is 0 Å². The molecule has 4 bridgehead atoms. The minimum atomic E-state index is 0.541. The van der Waals surface area contributed by atoms with Gasteiger partial charge in [0.15, 0.2) is 0 Å². The predicted molar refractivity (Wildman–Crippen MR) is 93.4 cm³/mol. The smallest absolute Gasteiger partial charge is 0.0637 e. The van der Waals surface area contributed by atoms with Crippen LogP contribution in [0.5, 0.6) is 0 Å². The number of rotatable bonds is 4. The second-order valence-corrected chi connectivity index (χ2v) is 8.88. The molecule has 1 aromatic rings. The monoisotopic (exact) mass is 337 g/mol. The van der Waals surface area contributed by atoms with E-state index in [1.807, 2.05) is 12.1 Å². The van der Waals surface area contributed by atoms with Gasteiger partial charge >= 0.3 is 0 Å². The van der Waals surface area contributed by atoms with Crippen molar-refractivity contribution in [1.29, 1.82) is 0 Å². The van der Waals surface area contributed by atoms with Crippen molar-refractivity contribution in [2.75, 3.05) is 0 Å². The lowest BCUT2D eigenvalue weighted by Gasteiger charge is -2.59. The van der Waals surface area contributed by atoms with Crippen molar-refractivity contribution in [2.24, 2.45) is 23.2 Å². The van der Waals surface area contributed by atoms with Crippen LogP contribution in [-0.2, 0) is 6.54 Å². The van der Waals surface area contributed by atoms with Gasteiger partial charge in [-0.05, 0) is 80.2 Å². The van der Waals surface area contributed by atoms with E-state index in [0.717, 1.165) is 29.9 Å². The second kappa shape index (κ2) is 5.69. The van der Waals surface area contributed by atoms with E-state index in [-0.39, 0.29) is 0 Å². The Kier molecular flexibility index (Phi) is 3.95. The van der Waals surface area contributed by atoms with Crippen molar-refractivity contribution in [2.45, 2.75) is 58.0 Å². The summed E-state index contributed by atoms with van der Waals surface area (Å²) in [4.78, 5) is 0. The molecule has 1 nitrogen and oxygen atoms in total. The van der Waals surface area contributed by atoms with Crippen LogP contribution in [0.2, 0.25) is 10.0 Å². The van der Waals surface area contributed by atoms with E-state index in [9.17, 15) is 0 Å². The van der Waals surface area contributed by atoms with E-state index < -0.39 is 0 Å². The van der Waals surface area contributed by atoms with E-state index >= 15 is 0 Å². The largest absolute Gasteiger partial charge is 0.310 e. The summed E-state index contributed by atoms with van der Waals surface area (Å²) in [6.07, 6.45) is 8.84. The van der Waals surface area contributed by atoms with Gasteiger partial charge in [0.25, 0.3) is 0 Å². The van der Waals surface area contributed by atoms with Gasteiger partial charge in [-0.3, -0.25) is 0 Å². The third-order valence-corrected chi connectivity index (χ3v) is 7.49. The summed E-state index contributed by atoms with van der Waals surface area (Å²) in [6.45, 7) is 3.22. The summed E-state index contributed by atoms with van der Waals surface area (Å²) in [5.74, 6) is 3.01. The Bertz CT molecular complexity index is 533. The van der Waals surface area contributed by atoms with Crippen LogP contribution >= 0.6 is 23.2 Å². The molecule has 0 radical (unpaired) electrons. The van der Waals surface area contributed by atoms with Gasteiger partial charge in [-0.1, -0.05) is 35.3 Å². The summed E-state index contributed by atoms with van der Waals surface area (Å²) in [5, 5.41) is 5.14.